The number of Topliss-reactive ketones (excluding diaryl/α,β-unsaturated/α-hetero) is 4. The first kappa shape index (κ1) is 33.1. The van der Waals surface area contributed by atoms with Gasteiger partial charge in [0.2, 0.25) is 5.91 Å². The number of nitrogens with two attached hydrogens (primary N) is 1. The van der Waals surface area contributed by atoms with Crippen LogP contribution < -0.4 is 11.1 Å². The molecular weight excluding hydrogens is 592 g/mol. The molecule has 12 nitrogen and oxygen atoms in total. The largest absolute Gasteiger partial charge is 0.507 e. The molecule has 0 saturated heterocycles. The summed E-state index contributed by atoms with van der Waals surface area (Å²) in [4.78, 5) is 83.7. The molecule has 0 bridgehead atoms. The molecule has 6 atom stereocenters. The lowest BCUT2D eigenvalue weighted by Crippen LogP contribution is -2.74. The van der Waals surface area contributed by atoms with Gasteiger partial charge in [0.1, 0.15) is 5.75 Å². The summed E-state index contributed by atoms with van der Waals surface area (Å²) in [6.07, 6.45) is 0.0733. The number of rotatable bonds is 9. The molecule has 0 heterocycles. The Morgan fingerprint density at radius 2 is 1.74 bits per heavy atom. The first-order valence-electron chi connectivity index (χ1n) is 15.6. The van der Waals surface area contributed by atoms with E-state index in [0.29, 0.717) is 35.3 Å². The van der Waals surface area contributed by atoms with Crippen molar-refractivity contribution < 1.29 is 39.0 Å². The first-order valence-corrected chi connectivity index (χ1v) is 15.6. The molecule has 2 aromatic carbocycles. The number of carbonyl (C=O) groups excluding carboxylic acids is 6. The van der Waals surface area contributed by atoms with Crippen LogP contribution >= 0.6 is 0 Å². The highest BCUT2D eigenvalue weighted by molar-refractivity contribution is 6.32. The van der Waals surface area contributed by atoms with Crippen LogP contribution in [0, 0.1) is 23.7 Å². The van der Waals surface area contributed by atoms with Crippen LogP contribution in [0.2, 0.25) is 0 Å². The highest BCUT2D eigenvalue weighted by Crippen LogP contribution is 2.51. The second-order valence-corrected chi connectivity index (χ2v) is 12.6. The Balaban J connectivity index is 1.52. The first-order chi connectivity index (χ1) is 21.8. The topological polar surface area (TPSA) is 187 Å². The fraction of sp³-hybridized carbons (Fsp3) is 0.471. The Morgan fingerprint density at radius 1 is 1.04 bits per heavy atom. The van der Waals surface area contributed by atoms with Crippen LogP contribution in [-0.2, 0) is 25.6 Å². The average Bonchev–Trinajstić information content (AvgIpc) is 3.01. The molecule has 0 aliphatic heterocycles. The molecular formula is C34H40N4O8. The molecule has 5 rings (SSSR count). The molecule has 2 fully saturated rings. The van der Waals surface area contributed by atoms with E-state index in [9.17, 15) is 39.0 Å². The number of aromatic hydroxyl groups is 1. The molecule has 2 unspecified atom stereocenters. The van der Waals surface area contributed by atoms with E-state index in [2.05, 4.69) is 24.1 Å². The van der Waals surface area contributed by atoms with E-state index in [0.717, 1.165) is 13.1 Å². The quantitative estimate of drug-likeness (QED) is 0.285. The summed E-state index contributed by atoms with van der Waals surface area (Å²) < 4.78 is 0. The van der Waals surface area contributed by atoms with Gasteiger partial charge in [0.05, 0.1) is 17.5 Å². The summed E-state index contributed by atoms with van der Waals surface area (Å²) in [6.45, 7) is 7.03. The number of amides is 2. The summed E-state index contributed by atoms with van der Waals surface area (Å²) in [5.41, 5.74) is 4.58. The molecule has 5 N–H and O–H groups in total. The third-order valence-corrected chi connectivity index (χ3v) is 9.99. The lowest BCUT2D eigenvalue weighted by Gasteiger charge is -2.52. The third-order valence-electron chi connectivity index (χ3n) is 9.99. The van der Waals surface area contributed by atoms with Crippen molar-refractivity contribution >= 4 is 34.9 Å². The lowest BCUT2D eigenvalue weighted by molar-refractivity contribution is -0.181. The van der Waals surface area contributed by atoms with Gasteiger partial charge < -0.3 is 26.2 Å². The predicted octanol–water partition coefficient (Wildman–Crippen LogP) is 0.606. The summed E-state index contributed by atoms with van der Waals surface area (Å²) in [6, 6.07) is 8.69. The number of hydrogen-bond acceptors (Lipinski definition) is 10. The molecule has 0 spiro atoms. The normalized spacial score (nSPS) is 27.3. The molecule has 0 radical (unpaired) electrons. The number of benzene rings is 2. The van der Waals surface area contributed by atoms with Crippen molar-refractivity contribution in [1.29, 1.82) is 0 Å². The van der Waals surface area contributed by atoms with E-state index >= 15 is 0 Å². The number of phenolic OH excluding ortho intramolecular Hbond substituents is 1. The second-order valence-electron chi connectivity index (χ2n) is 12.6. The van der Waals surface area contributed by atoms with Gasteiger partial charge in [-0.3, -0.25) is 33.7 Å². The summed E-state index contributed by atoms with van der Waals surface area (Å²) in [5.74, 6) is -11.3. The fourth-order valence-electron chi connectivity index (χ4n) is 7.67. The number of hydrogen-bond donors (Lipinski definition) is 4. The van der Waals surface area contributed by atoms with E-state index in [1.165, 1.54) is 25.1 Å². The minimum Gasteiger partial charge on any atom is -0.507 e. The van der Waals surface area contributed by atoms with Gasteiger partial charge in [-0.2, -0.15) is 0 Å². The van der Waals surface area contributed by atoms with Crippen molar-refractivity contribution in [2.75, 3.05) is 40.3 Å². The van der Waals surface area contributed by atoms with Gasteiger partial charge in [0.15, 0.2) is 34.7 Å². The molecule has 244 valence electrons. The summed E-state index contributed by atoms with van der Waals surface area (Å²) in [7, 11) is 3.08. The number of primary amides is 1. The Kier molecular flexibility index (Phi) is 9.00. The van der Waals surface area contributed by atoms with E-state index in [4.69, 9.17) is 5.73 Å². The molecule has 2 saturated carbocycles. The maximum absolute atomic E-state index is 14.0. The van der Waals surface area contributed by atoms with Crippen LogP contribution in [-0.4, -0.2) is 107 Å². The fourth-order valence-corrected chi connectivity index (χ4v) is 7.67. The highest BCUT2D eigenvalue weighted by atomic mass is 16.3. The molecule has 46 heavy (non-hydrogen) atoms. The van der Waals surface area contributed by atoms with Gasteiger partial charge in [-0.05, 0) is 80.8 Å². The van der Waals surface area contributed by atoms with Crippen LogP contribution in [0.3, 0.4) is 0 Å². The van der Waals surface area contributed by atoms with Crippen molar-refractivity contribution in [3.8, 4) is 16.9 Å². The Morgan fingerprint density at radius 3 is 2.37 bits per heavy atom. The predicted molar refractivity (Wildman–Crippen MR) is 167 cm³/mol. The van der Waals surface area contributed by atoms with Crippen molar-refractivity contribution in [3.05, 3.63) is 53.1 Å². The van der Waals surface area contributed by atoms with Gasteiger partial charge in [0, 0.05) is 24.6 Å². The third kappa shape index (κ3) is 5.23. The van der Waals surface area contributed by atoms with Gasteiger partial charge in [0.25, 0.3) is 5.91 Å². The van der Waals surface area contributed by atoms with Gasteiger partial charge >= 0.3 is 0 Å². The van der Waals surface area contributed by atoms with Crippen LogP contribution in [0.25, 0.3) is 11.1 Å². The van der Waals surface area contributed by atoms with Gasteiger partial charge in [-0.25, -0.2) is 0 Å². The zero-order valence-electron chi connectivity index (χ0n) is 26.4. The Hall–Kier alpha value is -4.26. The zero-order valence-corrected chi connectivity index (χ0v) is 26.4. The minimum atomic E-state index is -2.78. The SMILES string of the molecule is CCN(CC)CCNC(=O)c1cccc(-c2ccc(O)c3c2C[C@H]2C[C@H]4[C@@H](N(C)C)C(=O)C(C(N)=O)C(=O)[C@@]4(O)C(=O)C2C3=O)c1. The van der Waals surface area contributed by atoms with Crippen LogP contribution in [0.4, 0.5) is 0 Å². The monoisotopic (exact) mass is 632 g/mol. The number of aliphatic hydroxyl groups is 1. The number of phenols is 1. The number of fused-ring (bicyclic) bond motifs is 3. The lowest BCUT2D eigenvalue weighted by atomic mass is 9.52. The van der Waals surface area contributed by atoms with Crippen LogP contribution in [0.1, 0.15) is 46.5 Å². The Labute approximate surface area is 266 Å². The van der Waals surface area contributed by atoms with Gasteiger partial charge in [-0.1, -0.05) is 32.0 Å². The number of nitrogens with one attached hydrogen (secondary N) is 1. The maximum Gasteiger partial charge on any atom is 0.251 e. The highest BCUT2D eigenvalue weighted by Gasteiger charge is 2.69. The number of likely N-dealkylation sites (N-methyl/N-ethyl adjacent to an activating group) is 2. The van der Waals surface area contributed by atoms with E-state index < -0.39 is 64.4 Å². The molecule has 12 heteroatoms. The van der Waals surface area contributed by atoms with Crippen molar-refractivity contribution in [3.63, 3.8) is 0 Å². The number of carbonyl (C=O) groups is 6. The molecule has 3 aliphatic carbocycles. The average molecular weight is 633 g/mol. The van der Waals surface area contributed by atoms with E-state index in [1.54, 1.807) is 30.3 Å². The molecule has 0 aromatic heterocycles. The molecule has 3 aliphatic rings. The van der Waals surface area contributed by atoms with Gasteiger partial charge in [-0.15, -0.1) is 0 Å². The number of ketones is 4. The summed E-state index contributed by atoms with van der Waals surface area (Å²) >= 11 is 0. The zero-order chi connectivity index (χ0) is 33.7. The smallest absolute Gasteiger partial charge is 0.251 e. The standard InChI is InChI=1S/C34H40N4O8/c1-5-38(6-2)13-12-36-33(45)18-9-7-8-17(14-18)20-10-11-23(39)25-21(20)15-19-16-22-27(37(3)4)29(41)26(32(35)44)31(43)34(22,46)30(42)24(19)28(25)40/h7-11,14,19,22,24,26-27,39,46H,5-6,12-13,15-16H2,1-4H3,(H2,35,44)(H,36,45)/t19-,22-,24?,26?,27+,34-/m0/s1. The minimum absolute atomic E-state index is 0.0476. The molecule has 2 amide bonds. The second kappa shape index (κ2) is 12.5. The van der Waals surface area contributed by atoms with E-state index in [1.807, 2.05) is 0 Å². The number of nitrogens with zero attached hydrogens (tertiary/aromatic N) is 2. The van der Waals surface area contributed by atoms with Crippen molar-refractivity contribution in [2.45, 2.75) is 38.3 Å². The molecule has 2 aromatic rings. The van der Waals surface area contributed by atoms with Crippen LogP contribution in [0.15, 0.2) is 36.4 Å². The van der Waals surface area contributed by atoms with Crippen molar-refractivity contribution in [1.82, 2.24) is 15.1 Å². The van der Waals surface area contributed by atoms with Crippen molar-refractivity contribution in [2.24, 2.45) is 29.4 Å². The Bertz CT molecular complexity index is 1630. The van der Waals surface area contributed by atoms with E-state index in [-0.39, 0.29) is 30.1 Å². The maximum atomic E-state index is 14.0. The van der Waals surface area contributed by atoms with Crippen LogP contribution in [0.5, 0.6) is 5.75 Å². The summed E-state index contributed by atoms with van der Waals surface area (Å²) in [5, 5.41) is 25.6.